The number of ether oxygens (including phenoxy) is 2. The molecule has 0 unspecified atom stereocenters. The number of methoxy groups -OCH3 is 1. The number of amides is 1. The first-order chi connectivity index (χ1) is 17.0. The van der Waals surface area contributed by atoms with E-state index in [1.165, 1.54) is 12.8 Å². The van der Waals surface area contributed by atoms with E-state index in [4.69, 9.17) is 19.4 Å². The van der Waals surface area contributed by atoms with Crippen molar-refractivity contribution < 1.29 is 14.3 Å². The molecule has 4 heterocycles. The van der Waals surface area contributed by atoms with Gasteiger partial charge in [0.15, 0.2) is 0 Å². The molecule has 0 saturated carbocycles. The summed E-state index contributed by atoms with van der Waals surface area (Å²) in [6, 6.07) is 8.72. The van der Waals surface area contributed by atoms with Gasteiger partial charge in [0.1, 0.15) is 22.9 Å². The molecule has 35 heavy (non-hydrogen) atoms. The summed E-state index contributed by atoms with van der Waals surface area (Å²) < 4.78 is 13.9. The minimum absolute atomic E-state index is 0.00162. The van der Waals surface area contributed by atoms with E-state index in [0.717, 1.165) is 35.8 Å². The lowest BCUT2D eigenvalue weighted by molar-refractivity contribution is 0.0191. The van der Waals surface area contributed by atoms with Crippen LogP contribution in [0.25, 0.3) is 22.4 Å². The van der Waals surface area contributed by atoms with Gasteiger partial charge in [-0.3, -0.25) is 4.79 Å². The summed E-state index contributed by atoms with van der Waals surface area (Å²) in [5.74, 6) is 2.20. The molecule has 5 rings (SSSR count). The second kappa shape index (κ2) is 9.83. The molecule has 0 radical (unpaired) electrons. The molecule has 0 spiro atoms. The molecular formula is C26H34N6O3. The number of nitrogens with zero attached hydrogens (tertiary/aromatic N) is 4. The normalized spacial score (nSPS) is 22.5. The minimum atomic E-state index is -0.180. The third-order valence-corrected chi connectivity index (χ3v) is 7.13. The van der Waals surface area contributed by atoms with Crippen molar-refractivity contribution in [3.63, 3.8) is 0 Å². The lowest BCUT2D eigenvalue weighted by Gasteiger charge is -2.27. The summed E-state index contributed by atoms with van der Waals surface area (Å²) in [7, 11) is 3.23. The summed E-state index contributed by atoms with van der Waals surface area (Å²) in [5.41, 5.74) is 2.97. The summed E-state index contributed by atoms with van der Waals surface area (Å²) in [6.45, 7) is 7.41. The summed E-state index contributed by atoms with van der Waals surface area (Å²) in [4.78, 5) is 24.6. The zero-order chi connectivity index (χ0) is 24.5. The van der Waals surface area contributed by atoms with Gasteiger partial charge in [-0.25, -0.2) is 9.97 Å². The first kappa shape index (κ1) is 23.6. The maximum Gasteiger partial charge on any atom is 0.251 e. The van der Waals surface area contributed by atoms with Gasteiger partial charge in [-0.1, -0.05) is 0 Å². The van der Waals surface area contributed by atoms with Crippen LogP contribution in [0.3, 0.4) is 0 Å². The van der Waals surface area contributed by atoms with E-state index in [0.29, 0.717) is 42.1 Å². The Morgan fingerprint density at radius 1 is 1.26 bits per heavy atom. The molecule has 2 aromatic heterocycles. The molecule has 3 aromatic rings. The number of imidazole rings is 1. The van der Waals surface area contributed by atoms with Crippen LogP contribution in [0.1, 0.15) is 37.0 Å². The molecule has 3 atom stereocenters. The molecule has 2 saturated heterocycles. The molecule has 2 fully saturated rings. The van der Waals surface area contributed by atoms with Crippen LogP contribution in [-0.2, 0) is 11.3 Å². The van der Waals surface area contributed by atoms with Crippen LogP contribution in [0.5, 0.6) is 5.75 Å². The maximum absolute atomic E-state index is 12.4. The molecule has 1 aromatic carbocycles. The van der Waals surface area contributed by atoms with Crippen LogP contribution in [-0.4, -0.2) is 72.5 Å². The highest BCUT2D eigenvalue weighted by atomic mass is 16.5. The zero-order valence-corrected chi connectivity index (χ0v) is 20.9. The molecule has 2 aliphatic heterocycles. The van der Waals surface area contributed by atoms with Gasteiger partial charge in [0, 0.05) is 49.5 Å². The number of pyridine rings is 1. The van der Waals surface area contributed by atoms with Gasteiger partial charge in [-0.2, -0.15) is 0 Å². The van der Waals surface area contributed by atoms with Crippen molar-refractivity contribution in [1.82, 2.24) is 25.2 Å². The van der Waals surface area contributed by atoms with E-state index in [1.54, 1.807) is 20.2 Å². The van der Waals surface area contributed by atoms with Gasteiger partial charge in [0.25, 0.3) is 5.91 Å². The number of hydrogen-bond acceptors (Lipinski definition) is 7. The lowest BCUT2D eigenvalue weighted by Crippen LogP contribution is -2.40. The fraction of sp³-hybridized carbons (Fsp3) is 0.500. The summed E-state index contributed by atoms with van der Waals surface area (Å²) in [6.07, 6.45) is 4.27. The van der Waals surface area contributed by atoms with Crippen LogP contribution in [0.15, 0.2) is 30.5 Å². The number of morpholine rings is 1. The molecule has 9 heteroatoms. The first-order valence-corrected chi connectivity index (χ1v) is 12.4. The Balaban J connectivity index is 1.60. The molecule has 0 bridgehead atoms. The fourth-order valence-electron chi connectivity index (χ4n) is 5.32. The van der Waals surface area contributed by atoms with E-state index in [9.17, 15) is 4.79 Å². The second-order valence-electron chi connectivity index (χ2n) is 9.46. The number of benzene rings is 1. The molecule has 0 aliphatic carbocycles. The second-order valence-corrected chi connectivity index (χ2v) is 9.46. The van der Waals surface area contributed by atoms with Crippen molar-refractivity contribution in [2.75, 3.05) is 38.8 Å². The third kappa shape index (κ3) is 4.46. The van der Waals surface area contributed by atoms with Crippen LogP contribution in [0, 0.1) is 0 Å². The Labute approximate surface area is 205 Å². The number of fused-ring (bicyclic) bond motifs is 1. The van der Waals surface area contributed by atoms with Crippen LogP contribution in [0.2, 0.25) is 0 Å². The zero-order valence-electron chi connectivity index (χ0n) is 20.9. The van der Waals surface area contributed by atoms with Gasteiger partial charge in [-0.15, -0.1) is 0 Å². The predicted octanol–water partition coefficient (Wildman–Crippen LogP) is 2.83. The average Bonchev–Trinajstić information content (AvgIpc) is 3.42. The number of nitrogens with one attached hydrogen (secondary N) is 2. The first-order valence-electron chi connectivity index (χ1n) is 12.4. The Morgan fingerprint density at radius 3 is 2.69 bits per heavy atom. The van der Waals surface area contributed by atoms with E-state index >= 15 is 0 Å². The quantitative estimate of drug-likeness (QED) is 0.563. The molecule has 2 N–H and O–H groups in total. The minimum Gasteiger partial charge on any atom is -0.494 e. The third-order valence-electron chi connectivity index (χ3n) is 7.13. The Kier molecular flexibility index (Phi) is 6.62. The van der Waals surface area contributed by atoms with Crippen molar-refractivity contribution in [2.24, 2.45) is 0 Å². The predicted molar refractivity (Wildman–Crippen MR) is 136 cm³/mol. The van der Waals surface area contributed by atoms with Gasteiger partial charge in [0.2, 0.25) is 0 Å². The SMILES string of the molecule is CNC(=O)c1cc(OC)c2c(c1)nc(-c1ccc(N3[C@@H](C)CC[C@@H]3C)nc1)n2C[C@@H]1CNCCO1. The lowest BCUT2D eigenvalue weighted by atomic mass is 10.1. The van der Waals surface area contributed by atoms with Gasteiger partial charge in [-0.05, 0) is 51.0 Å². The van der Waals surface area contributed by atoms with Crippen LogP contribution < -0.4 is 20.3 Å². The Bertz CT molecular complexity index is 1190. The van der Waals surface area contributed by atoms with E-state index in [2.05, 4.69) is 46.1 Å². The monoisotopic (exact) mass is 478 g/mol. The van der Waals surface area contributed by atoms with Crippen molar-refractivity contribution >= 4 is 22.8 Å². The highest BCUT2D eigenvalue weighted by Gasteiger charge is 2.29. The van der Waals surface area contributed by atoms with E-state index < -0.39 is 0 Å². The largest absolute Gasteiger partial charge is 0.494 e. The molecule has 1 amide bonds. The number of carbonyl (C=O) groups excluding carboxylic acids is 1. The topological polar surface area (TPSA) is 93.5 Å². The Morgan fingerprint density at radius 2 is 2.06 bits per heavy atom. The summed E-state index contributed by atoms with van der Waals surface area (Å²) >= 11 is 0. The highest BCUT2D eigenvalue weighted by molar-refractivity contribution is 5.99. The van der Waals surface area contributed by atoms with E-state index in [1.807, 2.05) is 12.3 Å². The highest BCUT2D eigenvalue weighted by Crippen LogP contribution is 2.34. The standard InChI is InChI=1S/C26H34N6O3/c1-16-5-6-17(2)32(16)23-8-7-18(13-29-23)25-30-21-11-19(26(33)27-3)12-22(34-4)24(21)31(25)15-20-14-28-9-10-35-20/h7-8,11-13,16-17,20,28H,5-6,9-10,14-15H2,1-4H3,(H,27,33)/t16-,17-,20-/m0/s1. The number of carbonyl (C=O) groups is 1. The number of anilines is 1. The molecule has 186 valence electrons. The van der Waals surface area contributed by atoms with Crippen molar-refractivity contribution in [2.45, 2.75) is 51.4 Å². The van der Waals surface area contributed by atoms with Crippen LogP contribution in [0.4, 0.5) is 5.82 Å². The smallest absolute Gasteiger partial charge is 0.251 e. The van der Waals surface area contributed by atoms with Crippen LogP contribution >= 0.6 is 0 Å². The van der Waals surface area contributed by atoms with Gasteiger partial charge in [0.05, 0.1) is 31.9 Å². The number of rotatable bonds is 6. The van der Waals surface area contributed by atoms with Crippen molar-refractivity contribution in [1.29, 1.82) is 0 Å². The molecular weight excluding hydrogens is 444 g/mol. The average molecular weight is 479 g/mol. The number of aromatic nitrogens is 3. The van der Waals surface area contributed by atoms with Crippen molar-refractivity contribution in [3.05, 3.63) is 36.0 Å². The maximum atomic E-state index is 12.4. The fourth-order valence-corrected chi connectivity index (χ4v) is 5.32. The summed E-state index contributed by atoms with van der Waals surface area (Å²) in [5, 5.41) is 6.09. The van der Waals surface area contributed by atoms with E-state index in [-0.39, 0.29) is 12.0 Å². The molecule has 2 aliphatic rings. The molecule has 9 nitrogen and oxygen atoms in total. The van der Waals surface area contributed by atoms with Gasteiger partial charge < -0.3 is 29.6 Å². The Hall–Kier alpha value is -3.17. The van der Waals surface area contributed by atoms with Crippen molar-refractivity contribution in [3.8, 4) is 17.1 Å². The van der Waals surface area contributed by atoms with Gasteiger partial charge >= 0.3 is 0 Å². The number of hydrogen-bond donors (Lipinski definition) is 2.